The lowest BCUT2D eigenvalue weighted by atomic mass is 9.70. The highest BCUT2D eigenvalue weighted by Crippen LogP contribution is 2.63. The monoisotopic (exact) mass is 816 g/mol. The second-order valence-corrected chi connectivity index (χ2v) is 17.7. The average molecular weight is 817 g/mol. The van der Waals surface area contributed by atoms with Crippen molar-refractivity contribution < 1.29 is 0 Å². The molecule has 13 rings (SSSR count). The van der Waals surface area contributed by atoms with Crippen molar-refractivity contribution in [2.45, 2.75) is 18.8 Å². The van der Waals surface area contributed by atoms with Crippen molar-refractivity contribution in [3.63, 3.8) is 0 Å². The second kappa shape index (κ2) is 14.3. The SMILES string of the molecule is CC1CC=CC=C1n1c2ccccc2c2cc(-c3ccc(N(c4ccc(-c5ccccc5)cc4)c4ccc5c(c4)C4(c6ccccc6-c6ccccc64)c4ccccc4-5)cc3)ccc21. The lowest BCUT2D eigenvalue weighted by Gasteiger charge is -2.32. The van der Waals surface area contributed by atoms with Gasteiger partial charge in [0.05, 0.1) is 16.4 Å². The number of allylic oxidation sites excluding steroid dienone is 4. The predicted octanol–water partition coefficient (Wildman–Crippen LogP) is 16.4. The minimum absolute atomic E-state index is 0.425. The highest BCUT2D eigenvalue weighted by atomic mass is 15.1. The fourth-order valence-electron chi connectivity index (χ4n) is 11.4. The van der Waals surface area contributed by atoms with Gasteiger partial charge in [-0.3, -0.25) is 0 Å². The highest BCUT2D eigenvalue weighted by Gasteiger charge is 2.51. The maximum atomic E-state index is 2.48. The van der Waals surface area contributed by atoms with Crippen molar-refractivity contribution in [3.8, 4) is 44.5 Å². The van der Waals surface area contributed by atoms with Crippen LogP contribution in [-0.4, -0.2) is 4.57 Å². The van der Waals surface area contributed by atoms with E-state index in [4.69, 9.17) is 0 Å². The summed E-state index contributed by atoms with van der Waals surface area (Å²) in [7, 11) is 0. The highest BCUT2D eigenvalue weighted by molar-refractivity contribution is 6.11. The van der Waals surface area contributed by atoms with E-state index in [1.165, 1.54) is 94.3 Å². The molecular weight excluding hydrogens is 773 g/mol. The van der Waals surface area contributed by atoms with Gasteiger partial charge in [-0.25, -0.2) is 0 Å². The molecule has 3 aliphatic rings. The molecule has 0 fully saturated rings. The first-order valence-corrected chi connectivity index (χ1v) is 22.6. The molecule has 10 aromatic rings. The van der Waals surface area contributed by atoms with Crippen LogP contribution < -0.4 is 4.90 Å². The van der Waals surface area contributed by atoms with E-state index in [-0.39, 0.29) is 0 Å². The first-order valence-electron chi connectivity index (χ1n) is 22.6. The molecule has 64 heavy (non-hydrogen) atoms. The Morgan fingerprint density at radius 1 is 0.422 bits per heavy atom. The summed E-state index contributed by atoms with van der Waals surface area (Å²) >= 11 is 0. The van der Waals surface area contributed by atoms with Gasteiger partial charge in [-0.2, -0.15) is 0 Å². The first kappa shape index (κ1) is 36.7. The Balaban J connectivity index is 0.963. The molecule has 0 radical (unpaired) electrons. The summed E-state index contributed by atoms with van der Waals surface area (Å²) in [5.41, 5.74) is 22.2. The normalized spacial score (nSPS) is 15.2. The van der Waals surface area contributed by atoms with Crippen molar-refractivity contribution in [1.82, 2.24) is 4.57 Å². The zero-order chi connectivity index (χ0) is 42.4. The van der Waals surface area contributed by atoms with Gasteiger partial charge in [-0.1, -0.05) is 177 Å². The molecule has 2 nitrogen and oxygen atoms in total. The number of hydrogen-bond donors (Lipinski definition) is 0. The Morgan fingerprint density at radius 3 is 1.56 bits per heavy atom. The van der Waals surface area contributed by atoms with Crippen LogP contribution in [0.5, 0.6) is 0 Å². The molecule has 0 saturated heterocycles. The second-order valence-electron chi connectivity index (χ2n) is 17.7. The van der Waals surface area contributed by atoms with Gasteiger partial charge in [0.25, 0.3) is 0 Å². The first-order chi connectivity index (χ1) is 31.7. The van der Waals surface area contributed by atoms with Crippen molar-refractivity contribution >= 4 is 44.6 Å². The maximum Gasteiger partial charge on any atom is 0.0726 e. The maximum absolute atomic E-state index is 2.48. The number of para-hydroxylation sites is 1. The fraction of sp³-hybridized carbons (Fsp3) is 0.0645. The van der Waals surface area contributed by atoms with Crippen LogP contribution in [0, 0.1) is 5.92 Å². The molecule has 1 aromatic heterocycles. The van der Waals surface area contributed by atoms with Crippen LogP contribution in [0.15, 0.2) is 231 Å². The summed E-state index contributed by atoms with van der Waals surface area (Å²) in [4.78, 5) is 2.44. The Hall–Kier alpha value is -7.94. The minimum Gasteiger partial charge on any atom is -0.313 e. The van der Waals surface area contributed by atoms with Crippen molar-refractivity contribution in [2.75, 3.05) is 4.90 Å². The number of aromatic nitrogens is 1. The zero-order valence-electron chi connectivity index (χ0n) is 35.6. The smallest absolute Gasteiger partial charge is 0.0726 e. The van der Waals surface area contributed by atoms with Crippen LogP contribution in [0.4, 0.5) is 17.1 Å². The van der Waals surface area contributed by atoms with E-state index in [1.54, 1.807) is 0 Å². The zero-order valence-corrected chi connectivity index (χ0v) is 35.6. The summed E-state index contributed by atoms with van der Waals surface area (Å²) in [5.74, 6) is 0.449. The van der Waals surface area contributed by atoms with Crippen LogP contribution in [0.3, 0.4) is 0 Å². The van der Waals surface area contributed by atoms with Gasteiger partial charge >= 0.3 is 0 Å². The Labute approximate surface area is 374 Å². The third kappa shape index (κ3) is 5.33. The fourth-order valence-corrected chi connectivity index (χ4v) is 11.4. The number of rotatable bonds is 6. The molecule has 2 heteroatoms. The molecule has 1 unspecified atom stereocenters. The van der Waals surface area contributed by atoms with E-state index in [2.05, 4.69) is 247 Å². The third-order valence-corrected chi connectivity index (χ3v) is 14.3. The van der Waals surface area contributed by atoms with Crippen molar-refractivity contribution in [2.24, 2.45) is 5.92 Å². The topological polar surface area (TPSA) is 8.17 Å². The molecule has 0 bridgehead atoms. The quantitative estimate of drug-likeness (QED) is 0.162. The number of nitrogens with zero attached hydrogens (tertiary/aromatic N) is 2. The number of benzene rings is 9. The lowest BCUT2D eigenvalue weighted by Crippen LogP contribution is -2.26. The Morgan fingerprint density at radius 2 is 0.922 bits per heavy atom. The van der Waals surface area contributed by atoms with E-state index < -0.39 is 5.41 Å². The van der Waals surface area contributed by atoms with Gasteiger partial charge in [0.2, 0.25) is 0 Å². The summed E-state index contributed by atoms with van der Waals surface area (Å²) in [6.07, 6.45) is 7.83. The summed E-state index contributed by atoms with van der Waals surface area (Å²) in [6.45, 7) is 2.33. The van der Waals surface area contributed by atoms with Crippen LogP contribution in [-0.2, 0) is 5.41 Å². The van der Waals surface area contributed by atoms with Crippen LogP contribution in [0.25, 0.3) is 72.0 Å². The van der Waals surface area contributed by atoms with E-state index in [1.807, 2.05) is 0 Å². The lowest BCUT2D eigenvalue weighted by molar-refractivity contribution is 0.725. The molecule has 0 amide bonds. The van der Waals surface area contributed by atoms with Crippen molar-refractivity contribution in [3.05, 3.63) is 253 Å². The summed E-state index contributed by atoms with van der Waals surface area (Å²) in [5, 5.41) is 2.57. The standard InChI is InChI=1S/C62H44N2/c1-41-15-5-13-25-59(41)64-60-26-14-9-21-53(60)54-39-45(31-38-61(54)64)44-29-34-47(35-30-44)63(46-32-27-43(28-33-46)42-16-3-2-4-17-42)48-36-37-52-51-20-8-12-24-57(51)62(58(52)40-48)55-22-10-6-18-49(55)50-19-7-11-23-56(50)62/h2-14,16-41H,15H2,1H3. The summed E-state index contributed by atoms with van der Waals surface area (Å²) in [6, 6.07) is 79.1. The molecular formula is C62H44N2. The van der Waals surface area contributed by atoms with Gasteiger partial charge < -0.3 is 9.47 Å². The van der Waals surface area contributed by atoms with Gasteiger partial charge in [0.1, 0.15) is 0 Å². The molecule has 0 N–H and O–H groups in total. The van der Waals surface area contributed by atoms with E-state index in [0.29, 0.717) is 5.92 Å². The number of fused-ring (bicyclic) bond motifs is 13. The average Bonchev–Trinajstić information content (AvgIpc) is 3.96. The Bertz CT molecular complexity index is 3470. The minimum atomic E-state index is -0.425. The molecule has 302 valence electrons. The largest absolute Gasteiger partial charge is 0.313 e. The van der Waals surface area contributed by atoms with E-state index in [0.717, 1.165) is 23.5 Å². The third-order valence-electron chi connectivity index (χ3n) is 14.3. The number of anilines is 3. The molecule has 0 aliphatic heterocycles. The van der Waals surface area contributed by atoms with E-state index in [9.17, 15) is 0 Å². The van der Waals surface area contributed by atoms with Gasteiger partial charge in [0, 0.05) is 39.4 Å². The molecule has 3 aliphatic carbocycles. The van der Waals surface area contributed by atoms with Gasteiger partial charge in [-0.15, -0.1) is 0 Å². The molecule has 0 saturated carbocycles. The molecule has 1 heterocycles. The van der Waals surface area contributed by atoms with Gasteiger partial charge in [0.15, 0.2) is 0 Å². The molecule has 9 aromatic carbocycles. The van der Waals surface area contributed by atoms with Crippen molar-refractivity contribution in [1.29, 1.82) is 0 Å². The molecule has 1 spiro atoms. The molecule has 1 atom stereocenters. The van der Waals surface area contributed by atoms with Crippen LogP contribution >= 0.6 is 0 Å². The predicted molar refractivity (Wildman–Crippen MR) is 268 cm³/mol. The van der Waals surface area contributed by atoms with Gasteiger partial charge in [-0.05, 0) is 134 Å². The number of hydrogen-bond acceptors (Lipinski definition) is 1. The van der Waals surface area contributed by atoms with E-state index >= 15 is 0 Å². The Kier molecular flexibility index (Phi) is 8.20. The van der Waals surface area contributed by atoms with Crippen LogP contribution in [0.2, 0.25) is 0 Å². The summed E-state index contributed by atoms with van der Waals surface area (Å²) < 4.78 is 2.48. The van der Waals surface area contributed by atoms with Crippen LogP contribution in [0.1, 0.15) is 35.6 Å².